The Kier molecular flexibility index (Phi) is 7.26. The maximum atomic E-state index is 12.9. The lowest BCUT2D eigenvalue weighted by Gasteiger charge is -2.30. The fourth-order valence-corrected chi connectivity index (χ4v) is 5.41. The van der Waals surface area contributed by atoms with Crippen molar-refractivity contribution >= 4 is 5.69 Å². The summed E-state index contributed by atoms with van der Waals surface area (Å²) in [7, 11) is 3.14. The van der Waals surface area contributed by atoms with Crippen LogP contribution in [-0.2, 0) is 10.3 Å². The van der Waals surface area contributed by atoms with Gasteiger partial charge in [-0.15, -0.1) is 0 Å². The van der Waals surface area contributed by atoms with Gasteiger partial charge in [0, 0.05) is 21.5 Å². The van der Waals surface area contributed by atoms with Crippen molar-refractivity contribution in [2.75, 3.05) is 19.3 Å². The Bertz CT molecular complexity index is 1440. The van der Waals surface area contributed by atoms with E-state index in [9.17, 15) is 10.1 Å². The maximum absolute atomic E-state index is 12.9. The Hall–Kier alpha value is -4.36. The van der Waals surface area contributed by atoms with Crippen molar-refractivity contribution in [3.05, 3.63) is 135 Å². The summed E-state index contributed by atoms with van der Waals surface area (Å²) in [5.41, 5.74) is 3.81. The van der Waals surface area contributed by atoms with E-state index in [-0.39, 0.29) is 10.3 Å². The summed E-state index contributed by atoms with van der Waals surface area (Å²) in [6.45, 7) is 4.30. The third-order valence-corrected chi connectivity index (χ3v) is 7.58. The lowest BCUT2D eigenvalue weighted by molar-refractivity contribution is -0.531. The Labute approximate surface area is 228 Å². The molecule has 7 nitrogen and oxygen atoms in total. The average Bonchev–Trinajstić information content (AvgIpc) is 3.38. The van der Waals surface area contributed by atoms with Gasteiger partial charge in [-0.2, -0.15) is 0 Å². The third-order valence-electron chi connectivity index (χ3n) is 7.58. The highest BCUT2D eigenvalue weighted by molar-refractivity contribution is 5.54. The van der Waals surface area contributed by atoms with E-state index in [0.717, 1.165) is 11.1 Å². The molecule has 0 aromatic heterocycles. The average molecular weight is 525 g/mol. The van der Waals surface area contributed by atoms with Crippen LogP contribution >= 0.6 is 0 Å². The van der Waals surface area contributed by atoms with E-state index < -0.39 is 18.2 Å². The standard InChI is InChI=1S/C32H32N2O5/c1-32(2,22-13-7-5-8-14-22)23-19-20-28(38-4)26(21-23)29-30(34(35)36)31(25-17-11-12-18-27(25)37-3)39-33(29)24-15-9-6-10-16-24/h5-21,29-31H,1-4H3/t29-,30-,31+/m1/s1. The molecule has 5 rings (SSSR count). The first-order chi connectivity index (χ1) is 18.9. The number of methoxy groups -OCH3 is 2. The quantitative estimate of drug-likeness (QED) is 0.184. The van der Waals surface area contributed by atoms with Crippen LogP contribution in [0.1, 0.15) is 48.2 Å². The second-order valence-corrected chi connectivity index (χ2v) is 10.1. The van der Waals surface area contributed by atoms with Crippen molar-refractivity contribution in [2.45, 2.75) is 37.5 Å². The monoisotopic (exact) mass is 524 g/mol. The summed E-state index contributed by atoms with van der Waals surface area (Å²) in [6, 6.07) is 31.0. The van der Waals surface area contributed by atoms with E-state index >= 15 is 0 Å². The van der Waals surface area contributed by atoms with E-state index in [4.69, 9.17) is 14.3 Å². The smallest absolute Gasteiger partial charge is 0.272 e. The second-order valence-electron chi connectivity index (χ2n) is 10.1. The molecular formula is C32H32N2O5. The first-order valence-electron chi connectivity index (χ1n) is 12.9. The normalized spacial score (nSPS) is 19.1. The predicted molar refractivity (Wildman–Crippen MR) is 151 cm³/mol. The number of hydroxylamine groups is 1. The van der Waals surface area contributed by atoms with Crippen LogP contribution < -0.4 is 14.5 Å². The minimum Gasteiger partial charge on any atom is -0.496 e. The first kappa shape index (κ1) is 26.3. The van der Waals surface area contributed by atoms with Crippen molar-refractivity contribution < 1.29 is 19.2 Å². The van der Waals surface area contributed by atoms with Crippen LogP contribution in [0.5, 0.6) is 11.5 Å². The van der Waals surface area contributed by atoms with Crippen LogP contribution in [0.3, 0.4) is 0 Å². The molecule has 4 aromatic rings. The maximum Gasteiger partial charge on any atom is 0.272 e. The van der Waals surface area contributed by atoms with Gasteiger partial charge in [-0.05, 0) is 41.5 Å². The topological polar surface area (TPSA) is 74.1 Å². The summed E-state index contributed by atoms with van der Waals surface area (Å²) >= 11 is 0. The molecule has 4 aromatic carbocycles. The third kappa shape index (κ3) is 4.81. The molecule has 200 valence electrons. The fourth-order valence-electron chi connectivity index (χ4n) is 5.41. The summed E-state index contributed by atoms with van der Waals surface area (Å²) in [5.74, 6) is 1.10. The van der Waals surface area contributed by atoms with E-state index in [0.29, 0.717) is 28.3 Å². The highest BCUT2D eigenvalue weighted by Gasteiger charge is 2.55. The molecule has 0 amide bonds. The Morgan fingerprint density at radius 2 is 1.36 bits per heavy atom. The van der Waals surface area contributed by atoms with Gasteiger partial charge in [0.2, 0.25) is 0 Å². The number of benzene rings is 4. The van der Waals surface area contributed by atoms with Crippen molar-refractivity contribution in [1.82, 2.24) is 0 Å². The molecule has 0 radical (unpaired) electrons. The van der Waals surface area contributed by atoms with Crippen LogP contribution in [0.25, 0.3) is 0 Å². The van der Waals surface area contributed by atoms with Gasteiger partial charge in [0.05, 0.1) is 19.9 Å². The lowest BCUT2D eigenvalue weighted by atomic mass is 9.77. The number of nitro groups is 1. The predicted octanol–water partition coefficient (Wildman–Crippen LogP) is 6.91. The number of hydrogen-bond donors (Lipinski definition) is 0. The zero-order chi connectivity index (χ0) is 27.6. The Balaban J connectivity index is 1.71. The SMILES string of the molecule is COc1ccc(C(C)(C)c2ccccc2)cc1[C@@H]1[C@@H]([N+](=O)[O-])[C@H](c2ccccc2OC)ON1c1ccccc1. The molecule has 0 bridgehead atoms. The molecule has 0 N–H and O–H groups in total. The van der Waals surface area contributed by atoms with E-state index in [2.05, 4.69) is 26.0 Å². The van der Waals surface area contributed by atoms with Gasteiger partial charge in [0.25, 0.3) is 6.04 Å². The zero-order valence-electron chi connectivity index (χ0n) is 22.5. The first-order valence-corrected chi connectivity index (χ1v) is 12.9. The summed E-state index contributed by atoms with van der Waals surface area (Å²) < 4.78 is 11.4. The Morgan fingerprint density at radius 3 is 2.00 bits per heavy atom. The molecule has 3 atom stereocenters. The zero-order valence-corrected chi connectivity index (χ0v) is 22.5. The summed E-state index contributed by atoms with van der Waals surface area (Å²) in [4.78, 5) is 19.1. The molecule has 0 spiro atoms. The number of ether oxygens (including phenoxy) is 2. The largest absolute Gasteiger partial charge is 0.496 e. The molecule has 1 aliphatic rings. The summed E-state index contributed by atoms with van der Waals surface area (Å²) in [5, 5.41) is 14.5. The minimum atomic E-state index is -1.15. The van der Waals surface area contributed by atoms with Gasteiger partial charge in [-0.25, -0.2) is 5.06 Å². The number of para-hydroxylation sites is 2. The lowest BCUT2D eigenvalue weighted by Crippen LogP contribution is -2.33. The van der Waals surface area contributed by atoms with Gasteiger partial charge >= 0.3 is 0 Å². The van der Waals surface area contributed by atoms with Crippen LogP contribution in [-0.4, -0.2) is 25.2 Å². The van der Waals surface area contributed by atoms with Gasteiger partial charge in [0.1, 0.15) is 11.5 Å². The van der Waals surface area contributed by atoms with Crippen molar-refractivity contribution in [1.29, 1.82) is 0 Å². The molecule has 0 unspecified atom stereocenters. The van der Waals surface area contributed by atoms with Crippen LogP contribution in [0, 0.1) is 10.1 Å². The highest BCUT2D eigenvalue weighted by Crippen LogP contribution is 2.50. The fraction of sp³-hybridized carbons (Fsp3) is 0.250. The molecule has 39 heavy (non-hydrogen) atoms. The molecular weight excluding hydrogens is 492 g/mol. The minimum absolute atomic E-state index is 0.251. The van der Waals surface area contributed by atoms with Crippen molar-refractivity contribution in [2.24, 2.45) is 0 Å². The van der Waals surface area contributed by atoms with E-state index in [1.54, 1.807) is 25.3 Å². The molecule has 1 heterocycles. The van der Waals surface area contributed by atoms with Gasteiger partial charge in [-0.3, -0.25) is 15.0 Å². The van der Waals surface area contributed by atoms with E-state index in [1.165, 1.54) is 0 Å². The second kappa shape index (κ2) is 10.8. The number of rotatable bonds is 8. The number of anilines is 1. The van der Waals surface area contributed by atoms with Crippen molar-refractivity contribution in [3.8, 4) is 11.5 Å². The van der Waals surface area contributed by atoms with Crippen LogP contribution in [0.2, 0.25) is 0 Å². The van der Waals surface area contributed by atoms with E-state index in [1.807, 2.05) is 84.9 Å². The molecule has 0 aliphatic carbocycles. The molecule has 1 aliphatic heterocycles. The van der Waals surface area contributed by atoms with Gasteiger partial charge in [-0.1, -0.05) is 86.6 Å². The number of hydrogen-bond acceptors (Lipinski definition) is 6. The highest BCUT2D eigenvalue weighted by atomic mass is 16.7. The van der Waals surface area contributed by atoms with Crippen LogP contribution in [0.4, 0.5) is 5.69 Å². The van der Waals surface area contributed by atoms with Crippen molar-refractivity contribution in [3.63, 3.8) is 0 Å². The molecule has 7 heteroatoms. The summed E-state index contributed by atoms with van der Waals surface area (Å²) in [6.07, 6.45) is -0.892. The van der Waals surface area contributed by atoms with Crippen LogP contribution in [0.15, 0.2) is 103 Å². The van der Waals surface area contributed by atoms with Gasteiger partial charge in [0.15, 0.2) is 12.1 Å². The molecule has 0 saturated carbocycles. The molecule has 1 saturated heterocycles. The Morgan fingerprint density at radius 1 is 0.769 bits per heavy atom. The number of nitrogens with zero attached hydrogens (tertiary/aromatic N) is 2. The van der Waals surface area contributed by atoms with Gasteiger partial charge < -0.3 is 9.47 Å². The molecule has 1 fully saturated rings.